The zero-order chi connectivity index (χ0) is 22.6. The number of nitrogens with one attached hydrogen (secondary N) is 1. The van der Waals surface area contributed by atoms with Crippen LogP contribution in [0.4, 0.5) is 5.69 Å². The lowest BCUT2D eigenvalue weighted by molar-refractivity contribution is -0.118. The van der Waals surface area contributed by atoms with Crippen LogP contribution in [0, 0.1) is 6.92 Å². The highest BCUT2D eigenvalue weighted by Gasteiger charge is 2.27. The van der Waals surface area contributed by atoms with Crippen LogP contribution >= 0.6 is 11.6 Å². The van der Waals surface area contributed by atoms with Gasteiger partial charge in [-0.1, -0.05) is 37.6 Å². The first-order valence-electron chi connectivity index (χ1n) is 10.1. The van der Waals surface area contributed by atoms with Gasteiger partial charge in [0, 0.05) is 13.1 Å². The van der Waals surface area contributed by atoms with E-state index >= 15 is 0 Å². The standard InChI is InChI=1S/C22H27ClN2O5S/c1-15(2)17-5-4-16(3)21(12-17)30-14-22(26)24-20-13-18(6-7-19(20)23)31(27,28)25-8-10-29-11-9-25/h4-7,12-13,15H,8-11,14H2,1-3H3,(H,24,26). The van der Waals surface area contributed by atoms with Crippen LogP contribution in [0.2, 0.25) is 5.02 Å². The molecule has 1 aliphatic heterocycles. The zero-order valence-electron chi connectivity index (χ0n) is 17.9. The number of sulfonamides is 1. The number of nitrogens with zero attached hydrogens (tertiary/aromatic N) is 1. The molecule has 31 heavy (non-hydrogen) atoms. The lowest BCUT2D eigenvalue weighted by atomic mass is 10.0. The Morgan fingerprint density at radius 2 is 1.90 bits per heavy atom. The summed E-state index contributed by atoms with van der Waals surface area (Å²) in [5, 5.41) is 2.89. The average molecular weight is 467 g/mol. The van der Waals surface area contributed by atoms with Crippen molar-refractivity contribution in [2.45, 2.75) is 31.6 Å². The molecule has 0 spiro atoms. The van der Waals surface area contributed by atoms with Crippen LogP contribution in [0.3, 0.4) is 0 Å². The van der Waals surface area contributed by atoms with Gasteiger partial charge in [0.15, 0.2) is 6.61 Å². The lowest BCUT2D eigenvalue weighted by Gasteiger charge is -2.26. The average Bonchev–Trinajstić information content (AvgIpc) is 2.75. The molecule has 0 aliphatic carbocycles. The minimum absolute atomic E-state index is 0.0653. The monoisotopic (exact) mass is 466 g/mol. The fourth-order valence-electron chi connectivity index (χ4n) is 3.16. The molecular weight excluding hydrogens is 440 g/mol. The van der Waals surface area contributed by atoms with Gasteiger partial charge in [0.05, 0.1) is 28.8 Å². The van der Waals surface area contributed by atoms with Gasteiger partial charge in [-0.2, -0.15) is 4.31 Å². The molecule has 3 rings (SSSR count). The fourth-order valence-corrected chi connectivity index (χ4v) is 4.76. The number of benzene rings is 2. The van der Waals surface area contributed by atoms with Crippen molar-refractivity contribution in [1.29, 1.82) is 0 Å². The third-order valence-electron chi connectivity index (χ3n) is 5.06. The van der Waals surface area contributed by atoms with E-state index in [4.69, 9.17) is 21.1 Å². The Morgan fingerprint density at radius 3 is 2.58 bits per heavy atom. The quantitative estimate of drug-likeness (QED) is 0.670. The summed E-state index contributed by atoms with van der Waals surface area (Å²) in [6, 6.07) is 10.2. The Labute approximate surface area is 188 Å². The molecule has 1 amide bonds. The largest absolute Gasteiger partial charge is 0.483 e. The molecule has 2 aromatic carbocycles. The third-order valence-corrected chi connectivity index (χ3v) is 7.28. The molecule has 1 heterocycles. The molecule has 168 valence electrons. The summed E-state index contributed by atoms with van der Waals surface area (Å²) in [7, 11) is -3.70. The molecule has 0 atom stereocenters. The van der Waals surface area contributed by atoms with E-state index in [2.05, 4.69) is 19.2 Å². The van der Waals surface area contributed by atoms with Crippen LogP contribution < -0.4 is 10.1 Å². The Balaban J connectivity index is 1.70. The Bertz CT molecular complexity index is 1050. The highest BCUT2D eigenvalue weighted by Crippen LogP contribution is 2.28. The minimum Gasteiger partial charge on any atom is -0.483 e. The van der Waals surface area contributed by atoms with Crippen molar-refractivity contribution in [3.05, 3.63) is 52.5 Å². The fraction of sp³-hybridized carbons (Fsp3) is 0.409. The van der Waals surface area contributed by atoms with E-state index in [1.807, 2.05) is 25.1 Å². The first kappa shape index (κ1) is 23.5. The molecule has 1 fully saturated rings. The number of anilines is 1. The number of amides is 1. The predicted octanol–water partition coefficient (Wildman–Crippen LogP) is 3.81. The van der Waals surface area contributed by atoms with Gasteiger partial charge in [-0.25, -0.2) is 8.42 Å². The normalized spacial score (nSPS) is 15.1. The second-order valence-electron chi connectivity index (χ2n) is 7.67. The SMILES string of the molecule is Cc1ccc(C(C)C)cc1OCC(=O)Nc1cc(S(=O)(=O)N2CCOCC2)ccc1Cl. The van der Waals surface area contributed by atoms with Crippen LogP contribution in [0.1, 0.15) is 30.9 Å². The number of hydrogen-bond donors (Lipinski definition) is 1. The van der Waals surface area contributed by atoms with Crippen molar-refractivity contribution in [3.8, 4) is 5.75 Å². The second-order valence-corrected chi connectivity index (χ2v) is 10.0. The Kier molecular flexibility index (Phi) is 7.59. The first-order chi connectivity index (χ1) is 14.7. The van der Waals surface area contributed by atoms with E-state index < -0.39 is 15.9 Å². The molecule has 1 N–H and O–H groups in total. The highest BCUT2D eigenvalue weighted by atomic mass is 35.5. The van der Waals surface area contributed by atoms with Crippen LogP contribution in [-0.2, 0) is 19.6 Å². The summed E-state index contributed by atoms with van der Waals surface area (Å²) in [6.45, 7) is 7.14. The Morgan fingerprint density at radius 1 is 1.19 bits per heavy atom. The topological polar surface area (TPSA) is 84.9 Å². The summed E-state index contributed by atoms with van der Waals surface area (Å²) >= 11 is 6.19. The molecule has 0 unspecified atom stereocenters. The van der Waals surface area contributed by atoms with Gasteiger partial charge in [0.2, 0.25) is 10.0 Å². The molecule has 9 heteroatoms. The lowest BCUT2D eigenvalue weighted by Crippen LogP contribution is -2.40. The van der Waals surface area contributed by atoms with E-state index in [1.54, 1.807) is 0 Å². The predicted molar refractivity (Wildman–Crippen MR) is 120 cm³/mol. The van der Waals surface area contributed by atoms with Crippen LogP contribution in [-0.4, -0.2) is 51.5 Å². The minimum atomic E-state index is -3.70. The smallest absolute Gasteiger partial charge is 0.262 e. The number of halogens is 1. The van der Waals surface area contributed by atoms with E-state index in [-0.39, 0.29) is 35.3 Å². The van der Waals surface area contributed by atoms with Crippen LogP contribution in [0.15, 0.2) is 41.3 Å². The van der Waals surface area contributed by atoms with Crippen molar-refractivity contribution in [2.75, 3.05) is 38.2 Å². The number of morpholine rings is 1. The van der Waals surface area contributed by atoms with Gasteiger partial charge in [0.25, 0.3) is 5.91 Å². The zero-order valence-corrected chi connectivity index (χ0v) is 19.4. The maximum absolute atomic E-state index is 12.9. The van der Waals surface area contributed by atoms with Gasteiger partial charge in [-0.05, 0) is 48.2 Å². The van der Waals surface area contributed by atoms with Gasteiger partial charge >= 0.3 is 0 Å². The summed E-state index contributed by atoms with van der Waals surface area (Å²) in [5.74, 6) is 0.542. The number of ether oxygens (including phenoxy) is 2. The molecule has 0 saturated carbocycles. The third kappa shape index (κ3) is 5.77. The van der Waals surface area contributed by atoms with Crippen LogP contribution in [0.25, 0.3) is 0 Å². The Hall–Kier alpha value is -2.13. The van der Waals surface area contributed by atoms with Crippen molar-refractivity contribution in [2.24, 2.45) is 0 Å². The van der Waals surface area contributed by atoms with Crippen molar-refractivity contribution < 1.29 is 22.7 Å². The van der Waals surface area contributed by atoms with Crippen molar-refractivity contribution >= 4 is 33.2 Å². The maximum Gasteiger partial charge on any atom is 0.262 e. The number of rotatable bonds is 7. The maximum atomic E-state index is 12.9. The molecule has 7 nitrogen and oxygen atoms in total. The molecular formula is C22H27ClN2O5S. The van der Waals surface area contributed by atoms with Crippen molar-refractivity contribution in [3.63, 3.8) is 0 Å². The van der Waals surface area contributed by atoms with Crippen LogP contribution in [0.5, 0.6) is 5.75 Å². The molecule has 2 aromatic rings. The summed E-state index contributed by atoms with van der Waals surface area (Å²) in [4.78, 5) is 12.5. The molecule has 1 saturated heterocycles. The molecule has 1 aliphatic rings. The van der Waals surface area contributed by atoms with Gasteiger partial charge in [-0.15, -0.1) is 0 Å². The van der Waals surface area contributed by atoms with Gasteiger partial charge in [-0.3, -0.25) is 4.79 Å². The summed E-state index contributed by atoms with van der Waals surface area (Å²) in [6.07, 6.45) is 0. The van der Waals surface area contributed by atoms with E-state index in [1.165, 1.54) is 22.5 Å². The van der Waals surface area contributed by atoms with Crippen molar-refractivity contribution in [1.82, 2.24) is 4.31 Å². The number of hydrogen-bond acceptors (Lipinski definition) is 5. The first-order valence-corrected chi connectivity index (χ1v) is 11.9. The van der Waals surface area contributed by atoms with Gasteiger partial charge < -0.3 is 14.8 Å². The molecule has 0 radical (unpaired) electrons. The number of carbonyl (C=O) groups is 1. The summed E-state index contributed by atoms with van der Waals surface area (Å²) < 4.78 is 38.0. The second kappa shape index (κ2) is 9.99. The number of carbonyl (C=O) groups excluding carboxylic acids is 1. The number of aryl methyl sites for hydroxylation is 1. The van der Waals surface area contributed by atoms with E-state index in [9.17, 15) is 13.2 Å². The van der Waals surface area contributed by atoms with Gasteiger partial charge in [0.1, 0.15) is 5.75 Å². The molecule has 0 aromatic heterocycles. The molecule has 0 bridgehead atoms. The highest BCUT2D eigenvalue weighted by molar-refractivity contribution is 7.89. The van der Waals surface area contributed by atoms with E-state index in [0.717, 1.165) is 11.1 Å². The van der Waals surface area contributed by atoms with E-state index in [0.29, 0.717) is 24.9 Å². The summed E-state index contributed by atoms with van der Waals surface area (Å²) in [5.41, 5.74) is 2.26.